The van der Waals surface area contributed by atoms with Crippen LogP contribution in [0.15, 0.2) is 48.5 Å². The van der Waals surface area contributed by atoms with Crippen molar-refractivity contribution in [2.75, 3.05) is 7.11 Å². The van der Waals surface area contributed by atoms with Crippen LogP contribution in [0.4, 0.5) is 17.6 Å². The molecule has 3 aromatic carbocycles. The Morgan fingerprint density at radius 2 is 1.51 bits per heavy atom. The van der Waals surface area contributed by atoms with E-state index in [0.717, 1.165) is 44.2 Å². The lowest BCUT2D eigenvalue weighted by Gasteiger charge is -2.28. The van der Waals surface area contributed by atoms with Gasteiger partial charge in [0, 0.05) is 5.56 Å². The second-order valence-corrected chi connectivity index (χ2v) is 8.81. The maximum absolute atomic E-state index is 15.0. The fourth-order valence-corrected chi connectivity index (χ4v) is 4.70. The van der Waals surface area contributed by atoms with Crippen LogP contribution in [0.25, 0.3) is 11.1 Å². The zero-order chi connectivity index (χ0) is 25.1. The molecule has 0 radical (unpaired) electrons. The minimum atomic E-state index is -1.38. The molecule has 1 aliphatic rings. The first-order chi connectivity index (χ1) is 16.8. The standard InChI is InChI=1S/C28H26F4O3/c1-3-16-4-6-17(7-5-16)20-12-13-21(25(30)24(20)29)18-8-10-19(11-9-18)35-28(33)22-14-15-23(34-2)27(32)26(22)31/h8-17H,3-7H2,1-2H3. The molecule has 7 heteroatoms. The Hall–Kier alpha value is -3.35. The molecule has 0 saturated heterocycles. The summed E-state index contributed by atoms with van der Waals surface area (Å²) >= 11 is 0. The van der Waals surface area contributed by atoms with Gasteiger partial charge in [0.2, 0.25) is 5.82 Å². The van der Waals surface area contributed by atoms with Crippen molar-refractivity contribution in [3.63, 3.8) is 0 Å². The minimum Gasteiger partial charge on any atom is -0.494 e. The minimum absolute atomic E-state index is 0.0197. The Kier molecular flexibility index (Phi) is 7.43. The average molecular weight is 487 g/mol. The van der Waals surface area contributed by atoms with Gasteiger partial charge in [-0.3, -0.25) is 0 Å². The molecule has 0 N–H and O–H groups in total. The van der Waals surface area contributed by atoms with Crippen LogP contribution in [0.2, 0.25) is 0 Å². The first kappa shape index (κ1) is 24.8. The summed E-state index contributed by atoms with van der Waals surface area (Å²) in [5.41, 5.74) is 0.308. The largest absolute Gasteiger partial charge is 0.494 e. The van der Waals surface area contributed by atoms with E-state index in [1.54, 1.807) is 12.1 Å². The van der Waals surface area contributed by atoms with Crippen LogP contribution >= 0.6 is 0 Å². The van der Waals surface area contributed by atoms with Crippen LogP contribution in [-0.2, 0) is 0 Å². The van der Waals surface area contributed by atoms with Gasteiger partial charge in [-0.1, -0.05) is 37.6 Å². The number of carbonyl (C=O) groups excluding carboxylic acids is 1. The molecule has 1 aliphatic carbocycles. The average Bonchev–Trinajstić information content (AvgIpc) is 2.88. The Bertz CT molecular complexity index is 1220. The van der Waals surface area contributed by atoms with E-state index < -0.39 is 34.8 Å². The van der Waals surface area contributed by atoms with Gasteiger partial charge in [0.1, 0.15) is 5.75 Å². The van der Waals surface area contributed by atoms with Crippen molar-refractivity contribution in [3.05, 3.63) is 82.9 Å². The van der Waals surface area contributed by atoms with E-state index in [2.05, 4.69) is 11.7 Å². The quantitative estimate of drug-likeness (QED) is 0.202. The second kappa shape index (κ2) is 10.5. The number of ether oxygens (including phenoxy) is 2. The molecule has 0 bridgehead atoms. The molecule has 0 aromatic heterocycles. The molecule has 0 spiro atoms. The molecular weight excluding hydrogens is 460 g/mol. The molecule has 1 fully saturated rings. The normalized spacial score (nSPS) is 17.8. The lowest BCUT2D eigenvalue weighted by atomic mass is 9.77. The van der Waals surface area contributed by atoms with Crippen LogP contribution in [0.5, 0.6) is 11.5 Å². The number of halogens is 4. The third kappa shape index (κ3) is 5.04. The van der Waals surface area contributed by atoms with E-state index in [9.17, 15) is 22.4 Å². The monoisotopic (exact) mass is 486 g/mol. The smallest absolute Gasteiger partial charge is 0.346 e. The topological polar surface area (TPSA) is 35.5 Å². The van der Waals surface area contributed by atoms with Crippen LogP contribution in [0.1, 0.15) is 60.9 Å². The van der Waals surface area contributed by atoms with Gasteiger partial charge in [-0.15, -0.1) is 0 Å². The number of rotatable bonds is 6. The predicted molar refractivity (Wildman–Crippen MR) is 125 cm³/mol. The molecule has 0 amide bonds. The first-order valence-electron chi connectivity index (χ1n) is 11.7. The number of methoxy groups -OCH3 is 1. The van der Waals surface area contributed by atoms with E-state index in [0.29, 0.717) is 17.0 Å². The van der Waals surface area contributed by atoms with Crippen LogP contribution in [0, 0.1) is 29.2 Å². The molecule has 0 aliphatic heterocycles. The highest BCUT2D eigenvalue weighted by atomic mass is 19.2. The van der Waals surface area contributed by atoms with Gasteiger partial charge in [-0.2, -0.15) is 4.39 Å². The molecule has 0 heterocycles. The van der Waals surface area contributed by atoms with Crippen LogP contribution in [-0.4, -0.2) is 13.1 Å². The van der Waals surface area contributed by atoms with Crippen molar-refractivity contribution in [1.82, 2.24) is 0 Å². The van der Waals surface area contributed by atoms with Crippen molar-refractivity contribution in [1.29, 1.82) is 0 Å². The van der Waals surface area contributed by atoms with Gasteiger partial charge in [0.05, 0.1) is 12.7 Å². The highest BCUT2D eigenvalue weighted by Crippen LogP contribution is 2.39. The second-order valence-electron chi connectivity index (χ2n) is 8.81. The van der Waals surface area contributed by atoms with Crippen molar-refractivity contribution in [2.45, 2.75) is 44.9 Å². The molecule has 184 valence electrons. The fourth-order valence-electron chi connectivity index (χ4n) is 4.70. The Morgan fingerprint density at radius 3 is 2.14 bits per heavy atom. The van der Waals surface area contributed by atoms with Crippen molar-refractivity contribution < 1.29 is 31.8 Å². The number of carbonyl (C=O) groups is 1. The van der Waals surface area contributed by atoms with E-state index in [1.807, 2.05) is 0 Å². The number of benzene rings is 3. The van der Waals surface area contributed by atoms with Gasteiger partial charge in [-0.05, 0) is 72.9 Å². The summed E-state index contributed by atoms with van der Waals surface area (Å²) in [6, 6.07) is 11.1. The van der Waals surface area contributed by atoms with Gasteiger partial charge >= 0.3 is 5.97 Å². The summed E-state index contributed by atoms with van der Waals surface area (Å²) in [5.74, 6) is -5.13. The van der Waals surface area contributed by atoms with Gasteiger partial charge in [0.15, 0.2) is 23.2 Å². The lowest BCUT2D eigenvalue weighted by Crippen LogP contribution is -2.14. The summed E-state index contributed by atoms with van der Waals surface area (Å²) in [5, 5.41) is 0. The van der Waals surface area contributed by atoms with E-state index in [1.165, 1.54) is 31.4 Å². The third-order valence-corrected chi connectivity index (χ3v) is 6.84. The van der Waals surface area contributed by atoms with Crippen LogP contribution in [0.3, 0.4) is 0 Å². The predicted octanol–water partition coefficient (Wildman–Crippen LogP) is 7.82. The van der Waals surface area contributed by atoms with Crippen LogP contribution < -0.4 is 9.47 Å². The molecule has 4 rings (SSSR count). The maximum atomic E-state index is 15.0. The number of hydrogen-bond acceptors (Lipinski definition) is 3. The van der Waals surface area contributed by atoms with Gasteiger partial charge in [0.25, 0.3) is 0 Å². The summed E-state index contributed by atoms with van der Waals surface area (Å²) in [4.78, 5) is 12.3. The molecule has 1 saturated carbocycles. The third-order valence-electron chi connectivity index (χ3n) is 6.84. The van der Waals surface area contributed by atoms with E-state index in [4.69, 9.17) is 4.74 Å². The van der Waals surface area contributed by atoms with E-state index in [-0.39, 0.29) is 23.0 Å². The zero-order valence-electron chi connectivity index (χ0n) is 19.5. The zero-order valence-corrected chi connectivity index (χ0v) is 19.5. The molecule has 3 nitrogen and oxygen atoms in total. The van der Waals surface area contributed by atoms with Crippen molar-refractivity contribution in [2.24, 2.45) is 5.92 Å². The summed E-state index contributed by atoms with van der Waals surface area (Å²) in [6.07, 6.45) is 4.87. The van der Waals surface area contributed by atoms with Crippen molar-refractivity contribution >= 4 is 5.97 Å². The summed E-state index contributed by atoms with van der Waals surface area (Å²) in [7, 11) is 1.18. The molecule has 0 unspecified atom stereocenters. The molecule has 35 heavy (non-hydrogen) atoms. The van der Waals surface area contributed by atoms with E-state index >= 15 is 0 Å². The molecule has 3 aromatic rings. The van der Waals surface area contributed by atoms with Gasteiger partial charge < -0.3 is 9.47 Å². The summed E-state index contributed by atoms with van der Waals surface area (Å²) in [6.45, 7) is 2.16. The molecular formula is C28H26F4O3. The molecule has 0 atom stereocenters. The van der Waals surface area contributed by atoms with Gasteiger partial charge in [-0.25, -0.2) is 18.0 Å². The Morgan fingerprint density at radius 1 is 0.829 bits per heavy atom. The Labute approximate surface area is 201 Å². The first-order valence-corrected chi connectivity index (χ1v) is 11.7. The SMILES string of the molecule is CCC1CCC(c2ccc(-c3ccc(OC(=O)c4ccc(OC)c(F)c4F)cc3)c(F)c2F)CC1. The summed E-state index contributed by atoms with van der Waals surface area (Å²) < 4.78 is 67.7. The highest BCUT2D eigenvalue weighted by molar-refractivity contribution is 5.91. The fraction of sp³-hybridized carbons (Fsp3) is 0.321. The Balaban J connectivity index is 1.49. The maximum Gasteiger partial charge on any atom is 0.346 e. The highest BCUT2D eigenvalue weighted by Gasteiger charge is 2.26. The lowest BCUT2D eigenvalue weighted by molar-refractivity contribution is 0.0728. The number of esters is 1. The van der Waals surface area contributed by atoms with Crippen molar-refractivity contribution in [3.8, 4) is 22.6 Å². The number of hydrogen-bond donors (Lipinski definition) is 0.